The molecule has 0 atom stereocenters. The summed E-state index contributed by atoms with van der Waals surface area (Å²) in [6.07, 6.45) is 2.80. The second kappa shape index (κ2) is 3.03. The van der Waals surface area contributed by atoms with E-state index in [1.165, 1.54) is 29.1 Å². The molecule has 0 radical (unpaired) electrons. The van der Waals surface area contributed by atoms with E-state index >= 15 is 0 Å². The number of hydrogen-bond acceptors (Lipinski definition) is 4. The van der Waals surface area contributed by atoms with Crippen LogP contribution < -0.4 is 20.5 Å². The summed E-state index contributed by atoms with van der Waals surface area (Å²) >= 11 is 0. The molecule has 0 aliphatic heterocycles. The van der Waals surface area contributed by atoms with Crippen LogP contribution in [0.4, 0.5) is 0 Å². The molecule has 0 aliphatic rings. The lowest BCUT2D eigenvalue weighted by atomic mass is 10.2. The van der Waals surface area contributed by atoms with Crippen LogP contribution in [-0.4, -0.2) is 0 Å². The Hall–Kier alpha value is -2.48. The molecule has 0 saturated heterocycles. The average Bonchev–Trinajstić information content (AvgIpc) is 2.30. The average molecular weight is 200 g/mol. The fraction of sp³-hybridized carbons (Fsp3) is 0. The molecule has 15 heavy (non-hydrogen) atoms. The molecule has 0 spiro atoms. The lowest BCUT2D eigenvalue weighted by Gasteiger charge is -2.07. The molecule has 1 heterocycles. The van der Waals surface area contributed by atoms with Gasteiger partial charge >= 0.3 is 0 Å². The van der Waals surface area contributed by atoms with E-state index in [-0.39, 0.29) is 5.69 Å². The minimum atomic E-state index is -0.984. The van der Waals surface area contributed by atoms with E-state index in [1.807, 2.05) is 6.07 Å². The van der Waals surface area contributed by atoms with Gasteiger partial charge in [-0.1, -0.05) is 0 Å². The van der Waals surface area contributed by atoms with Gasteiger partial charge in [-0.3, -0.25) is 9.59 Å². The van der Waals surface area contributed by atoms with Crippen LogP contribution in [0.5, 0.6) is 5.75 Å². The lowest BCUT2D eigenvalue weighted by Crippen LogP contribution is -2.49. The van der Waals surface area contributed by atoms with Crippen molar-refractivity contribution < 1.29 is 9.67 Å². The van der Waals surface area contributed by atoms with Crippen molar-refractivity contribution in [2.24, 2.45) is 0 Å². The molecule has 0 fully saturated rings. The Balaban J connectivity index is 2.54. The van der Waals surface area contributed by atoms with Gasteiger partial charge in [-0.2, -0.15) is 9.83 Å². The van der Waals surface area contributed by atoms with Crippen LogP contribution in [0, 0.1) is 11.3 Å². The highest BCUT2D eigenvalue weighted by atomic mass is 16.3. The van der Waals surface area contributed by atoms with Crippen molar-refractivity contribution in [3.8, 4) is 17.5 Å². The third kappa shape index (κ3) is 1.20. The minimum Gasteiger partial charge on any atom is -0.865 e. The van der Waals surface area contributed by atoms with Crippen molar-refractivity contribution in [2.45, 2.75) is 0 Å². The monoisotopic (exact) mass is 200 g/mol. The third-order valence-electron chi connectivity index (χ3n) is 2.06. The summed E-state index contributed by atoms with van der Waals surface area (Å²) in [5, 5.41) is 19.6. The van der Waals surface area contributed by atoms with Gasteiger partial charge in [0.2, 0.25) is 5.43 Å². The molecule has 0 aliphatic carbocycles. The first-order valence-electron chi connectivity index (χ1n) is 4.07. The number of hydrogen-bond donors (Lipinski definition) is 0. The van der Waals surface area contributed by atoms with Gasteiger partial charge < -0.3 is 5.11 Å². The molecule has 1 aromatic heterocycles. The first-order valence-corrected chi connectivity index (χ1v) is 4.07. The molecule has 0 amide bonds. The molecule has 0 N–H and O–H groups in total. The smallest absolute Gasteiger partial charge is 0.296 e. The quantitative estimate of drug-likeness (QED) is 0.414. The van der Waals surface area contributed by atoms with Crippen LogP contribution in [0.3, 0.4) is 0 Å². The Morgan fingerprint density at radius 3 is 2.27 bits per heavy atom. The normalized spacial score (nSPS) is 10.1. The molecular weight excluding hydrogens is 196 g/mol. The van der Waals surface area contributed by atoms with E-state index in [4.69, 9.17) is 5.26 Å². The predicted octanol–water partition coefficient (Wildman–Crippen LogP) is -1.50. The molecule has 0 unspecified atom stereocenters. The van der Waals surface area contributed by atoms with Crippen molar-refractivity contribution in [1.82, 2.24) is 0 Å². The van der Waals surface area contributed by atoms with Gasteiger partial charge in [-0.05, 0) is 0 Å². The molecule has 2 rings (SSSR count). The maximum absolute atomic E-state index is 11.0. The summed E-state index contributed by atoms with van der Waals surface area (Å²) in [6, 6.07) is 4.81. The maximum atomic E-state index is 11.0. The molecule has 2 aromatic rings. The summed E-state index contributed by atoms with van der Waals surface area (Å²) in [4.78, 5) is 21.7. The number of pyridine rings is 1. The SMILES string of the molecule is N#Cc1cc[n+](-c2c([O-])c(=O)c2=O)cc1. The minimum absolute atomic E-state index is 0.163. The van der Waals surface area contributed by atoms with Gasteiger partial charge in [0.15, 0.2) is 12.4 Å². The van der Waals surface area contributed by atoms with Crippen molar-refractivity contribution in [3.63, 3.8) is 0 Å². The molecular formula is C10H4N2O3. The second-order valence-corrected chi connectivity index (χ2v) is 2.94. The van der Waals surface area contributed by atoms with Crippen molar-refractivity contribution in [3.05, 3.63) is 50.5 Å². The van der Waals surface area contributed by atoms with Gasteiger partial charge in [0.05, 0.1) is 11.6 Å². The van der Waals surface area contributed by atoms with Gasteiger partial charge in [0, 0.05) is 17.9 Å². The van der Waals surface area contributed by atoms with Gasteiger partial charge in [0.1, 0.15) is 0 Å². The van der Waals surface area contributed by atoms with Crippen LogP contribution in [-0.2, 0) is 0 Å². The Morgan fingerprint density at radius 1 is 1.20 bits per heavy atom. The Labute approximate surface area is 83.8 Å². The molecule has 0 bridgehead atoms. The summed E-state index contributed by atoms with van der Waals surface area (Å²) in [5.74, 6) is -0.783. The van der Waals surface area contributed by atoms with Crippen LogP contribution in [0.2, 0.25) is 0 Å². The second-order valence-electron chi connectivity index (χ2n) is 2.94. The molecule has 0 saturated carbocycles. The highest BCUT2D eigenvalue weighted by molar-refractivity contribution is 5.43. The zero-order chi connectivity index (χ0) is 11.0. The zero-order valence-electron chi connectivity index (χ0n) is 7.43. The van der Waals surface area contributed by atoms with Crippen LogP contribution >= 0.6 is 0 Å². The van der Waals surface area contributed by atoms with Crippen molar-refractivity contribution in [1.29, 1.82) is 5.26 Å². The Morgan fingerprint density at radius 2 is 1.80 bits per heavy atom. The van der Waals surface area contributed by atoms with E-state index in [2.05, 4.69) is 0 Å². The Kier molecular flexibility index (Phi) is 1.83. The van der Waals surface area contributed by atoms with Gasteiger partial charge in [-0.15, -0.1) is 0 Å². The largest absolute Gasteiger partial charge is 0.865 e. The van der Waals surface area contributed by atoms with E-state index in [0.717, 1.165) is 0 Å². The van der Waals surface area contributed by atoms with Crippen molar-refractivity contribution >= 4 is 0 Å². The van der Waals surface area contributed by atoms with E-state index in [0.29, 0.717) is 5.56 Å². The number of aromatic nitrogens is 1. The van der Waals surface area contributed by atoms with Crippen LogP contribution in [0.1, 0.15) is 5.56 Å². The number of nitrogens with zero attached hydrogens (tertiary/aromatic N) is 2. The highest BCUT2D eigenvalue weighted by Crippen LogP contribution is 2.03. The van der Waals surface area contributed by atoms with E-state index in [9.17, 15) is 14.7 Å². The van der Waals surface area contributed by atoms with Crippen LogP contribution in [0.25, 0.3) is 5.69 Å². The number of nitriles is 1. The standard InChI is InChI=1S/C10H4N2O3/c11-5-6-1-3-12(4-2-6)7-8(13)10(15)9(7)14/h1-4H. The topological polar surface area (TPSA) is 84.9 Å². The van der Waals surface area contributed by atoms with Gasteiger partial charge in [-0.25, -0.2) is 0 Å². The molecule has 1 aromatic carbocycles. The highest BCUT2D eigenvalue weighted by Gasteiger charge is 2.22. The fourth-order valence-electron chi connectivity index (χ4n) is 1.24. The molecule has 5 heteroatoms. The molecule has 5 nitrogen and oxygen atoms in total. The predicted molar refractivity (Wildman–Crippen MR) is 47.0 cm³/mol. The molecule has 72 valence electrons. The zero-order valence-corrected chi connectivity index (χ0v) is 7.43. The van der Waals surface area contributed by atoms with E-state index < -0.39 is 16.6 Å². The maximum Gasteiger partial charge on any atom is 0.296 e. The third-order valence-corrected chi connectivity index (χ3v) is 2.06. The summed E-state index contributed by atoms with van der Waals surface area (Å²) in [6.45, 7) is 0. The fourth-order valence-corrected chi connectivity index (χ4v) is 1.24. The summed E-state index contributed by atoms with van der Waals surface area (Å²) < 4.78 is 1.24. The van der Waals surface area contributed by atoms with E-state index in [1.54, 1.807) is 0 Å². The number of rotatable bonds is 1. The van der Waals surface area contributed by atoms with Crippen LogP contribution in [0.15, 0.2) is 34.1 Å². The summed E-state index contributed by atoms with van der Waals surface area (Å²) in [7, 11) is 0. The first-order chi connectivity index (χ1) is 7.15. The lowest BCUT2D eigenvalue weighted by molar-refractivity contribution is -0.602. The van der Waals surface area contributed by atoms with Crippen molar-refractivity contribution in [2.75, 3.05) is 0 Å². The Bertz CT molecular complexity index is 628. The first kappa shape index (κ1) is 9.09. The summed E-state index contributed by atoms with van der Waals surface area (Å²) in [5.41, 5.74) is -1.52. The van der Waals surface area contributed by atoms with Gasteiger partial charge in [0.25, 0.3) is 11.1 Å².